The summed E-state index contributed by atoms with van der Waals surface area (Å²) >= 11 is 0. The van der Waals surface area contributed by atoms with Crippen molar-refractivity contribution < 1.29 is 33.5 Å². The number of nitrogens with zero attached hydrogens (tertiary/aromatic N) is 1. The number of methoxy groups -OCH3 is 2. The number of anilines is 1. The lowest BCUT2D eigenvalue weighted by Crippen LogP contribution is -2.50. The van der Waals surface area contributed by atoms with Crippen molar-refractivity contribution in [2.24, 2.45) is 0 Å². The summed E-state index contributed by atoms with van der Waals surface area (Å²) in [6.45, 7) is 9.48. The molecule has 0 aliphatic carbocycles. The zero-order valence-corrected chi connectivity index (χ0v) is 25.6. The molecule has 0 bridgehead atoms. The standard InChI is InChI=1S/C33H50N2O7/c1-25(36)12-18-40-31-21-34-22-32(33(31)28-9-6-26(7-10-28)23-39-17-5-16-38-3)42-24-27-8-11-30-29(20-27)35(14-19-41-30)13-4-15-37-2/h6-11,20,25,31-34,36H,4-5,12-19,21-24H2,1-3H3/t25-,31-,32+,33+/m1/s1. The summed E-state index contributed by atoms with van der Waals surface area (Å²) in [5, 5.41) is 13.3. The van der Waals surface area contributed by atoms with E-state index in [2.05, 4.69) is 52.7 Å². The average molecular weight is 587 g/mol. The van der Waals surface area contributed by atoms with Crippen molar-refractivity contribution >= 4 is 5.69 Å². The predicted molar refractivity (Wildman–Crippen MR) is 163 cm³/mol. The van der Waals surface area contributed by atoms with Gasteiger partial charge in [0.1, 0.15) is 12.4 Å². The maximum atomic E-state index is 9.78. The van der Waals surface area contributed by atoms with Gasteiger partial charge in [-0.2, -0.15) is 0 Å². The maximum Gasteiger partial charge on any atom is 0.142 e. The number of ether oxygens (including phenoxy) is 6. The van der Waals surface area contributed by atoms with Crippen molar-refractivity contribution in [3.8, 4) is 5.75 Å². The molecule has 9 heteroatoms. The summed E-state index contributed by atoms with van der Waals surface area (Å²) < 4.78 is 35.1. The number of nitrogens with one attached hydrogen (secondary N) is 1. The Kier molecular flexibility index (Phi) is 13.8. The molecule has 0 unspecified atom stereocenters. The predicted octanol–water partition coefficient (Wildman–Crippen LogP) is 3.90. The van der Waals surface area contributed by atoms with Crippen LogP contribution in [0.5, 0.6) is 5.75 Å². The van der Waals surface area contributed by atoms with Crippen molar-refractivity contribution in [1.82, 2.24) is 5.32 Å². The van der Waals surface area contributed by atoms with Crippen LogP contribution in [0.15, 0.2) is 42.5 Å². The molecular formula is C33H50N2O7. The second-order valence-electron chi connectivity index (χ2n) is 11.2. The van der Waals surface area contributed by atoms with Crippen LogP contribution in [0.25, 0.3) is 0 Å². The van der Waals surface area contributed by atoms with Crippen LogP contribution < -0.4 is 15.0 Å². The Morgan fingerprint density at radius 3 is 2.40 bits per heavy atom. The number of fused-ring (bicyclic) bond motifs is 1. The lowest BCUT2D eigenvalue weighted by atomic mass is 9.85. The van der Waals surface area contributed by atoms with E-state index in [9.17, 15) is 5.11 Å². The topological polar surface area (TPSA) is 90.9 Å². The van der Waals surface area contributed by atoms with Gasteiger partial charge in [0.15, 0.2) is 0 Å². The largest absolute Gasteiger partial charge is 0.490 e. The first kappa shape index (κ1) is 32.7. The molecule has 2 aromatic carbocycles. The highest BCUT2D eigenvalue weighted by Crippen LogP contribution is 2.34. The van der Waals surface area contributed by atoms with Crippen molar-refractivity contribution in [1.29, 1.82) is 0 Å². The average Bonchev–Trinajstić information content (AvgIpc) is 3.00. The van der Waals surface area contributed by atoms with Gasteiger partial charge in [-0.25, -0.2) is 0 Å². The maximum absolute atomic E-state index is 9.78. The second-order valence-corrected chi connectivity index (χ2v) is 11.2. The van der Waals surface area contributed by atoms with E-state index in [1.165, 1.54) is 5.56 Å². The van der Waals surface area contributed by atoms with Gasteiger partial charge >= 0.3 is 0 Å². The van der Waals surface area contributed by atoms with E-state index < -0.39 is 6.10 Å². The Bertz CT molecular complexity index is 1040. The minimum absolute atomic E-state index is 0.0587. The Balaban J connectivity index is 1.44. The molecule has 234 valence electrons. The van der Waals surface area contributed by atoms with Gasteiger partial charge in [0.25, 0.3) is 0 Å². The van der Waals surface area contributed by atoms with Crippen LogP contribution >= 0.6 is 0 Å². The van der Waals surface area contributed by atoms with E-state index in [0.29, 0.717) is 46.1 Å². The molecular weight excluding hydrogens is 536 g/mol. The molecule has 2 aliphatic heterocycles. The van der Waals surface area contributed by atoms with Gasteiger partial charge in [0, 0.05) is 66.2 Å². The Morgan fingerprint density at radius 2 is 1.64 bits per heavy atom. The first-order valence-electron chi connectivity index (χ1n) is 15.4. The van der Waals surface area contributed by atoms with E-state index in [-0.39, 0.29) is 18.1 Å². The van der Waals surface area contributed by atoms with Crippen LogP contribution in [-0.4, -0.2) is 96.9 Å². The van der Waals surface area contributed by atoms with Gasteiger partial charge in [-0.05, 0) is 55.0 Å². The fourth-order valence-electron chi connectivity index (χ4n) is 5.58. The number of rotatable bonds is 18. The van der Waals surface area contributed by atoms with Crippen molar-refractivity contribution in [2.75, 3.05) is 78.3 Å². The van der Waals surface area contributed by atoms with Gasteiger partial charge in [-0.15, -0.1) is 0 Å². The molecule has 42 heavy (non-hydrogen) atoms. The highest BCUT2D eigenvalue weighted by atomic mass is 16.5. The molecule has 2 aliphatic rings. The SMILES string of the molecule is COCCCOCc1ccc([C@@H]2[C@@H](OCc3ccc4c(c3)N(CCCOC)CCO4)CNC[C@H]2OCC[C@@H](C)O)cc1. The van der Waals surface area contributed by atoms with E-state index in [1.54, 1.807) is 21.1 Å². The van der Waals surface area contributed by atoms with Crippen molar-refractivity contribution in [2.45, 2.75) is 63.6 Å². The van der Waals surface area contributed by atoms with Crippen LogP contribution in [0.2, 0.25) is 0 Å². The normalized spacial score (nSPS) is 21.1. The number of hydrogen-bond donors (Lipinski definition) is 2. The van der Waals surface area contributed by atoms with Crippen LogP contribution in [0.1, 0.15) is 48.8 Å². The summed E-state index contributed by atoms with van der Waals surface area (Å²) in [4.78, 5) is 2.38. The van der Waals surface area contributed by atoms with Crippen molar-refractivity contribution in [3.63, 3.8) is 0 Å². The van der Waals surface area contributed by atoms with Crippen LogP contribution in [0, 0.1) is 0 Å². The van der Waals surface area contributed by atoms with Crippen LogP contribution in [-0.2, 0) is 36.9 Å². The lowest BCUT2D eigenvalue weighted by molar-refractivity contribution is -0.0639. The Hall–Kier alpha value is -2.24. The molecule has 2 aromatic rings. The Labute approximate surface area is 251 Å². The molecule has 2 N–H and O–H groups in total. The molecule has 0 saturated carbocycles. The summed E-state index contributed by atoms with van der Waals surface area (Å²) in [5.74, 6) is 0.984. The molecule has 2 heterocycles. The number of aliphatic hydroxyl groups excluding tert-OH is 1. The molecule has 1 saturated heterocycles. The molecule has 0 amide bonds. The van der Waals surface area contributed by atoms with E-state index in [0.717, 1.165) is 68.2 Å². The summed E-state index contributed by atoms with van der Waals surface area (Å²) in [6.07, 6.45) is 1.94. The molecule has 1 fully saturated rings. The summed E-state index contributed by atoms with van der Waals surface area (Å²) in [7, 11) is 3.45. The molecule has 0 aromatic heterocycles. The zero-order valence-electron chi connectivity index (χ0n) is 25.6. The van der Waals surface area contributed by atoms with Crippen molar-refractivity contribution in [3.05, 3.63) is 59.2 Å². The fourth-order valence-corrected chi connectivity index (χ4v) is 5.58. The van der Waals surface area contributed by atoms with Gasteiger partial charge in [-0.1, -0.05) is 30.3 Å². The molecule has 4 atom stereocenters. The van der Waals surface area contributed by atoms with Gasteiger partial charge < -0.3 is 43.7 Å². The monoisotopic (exact) mass is 586 g/mol. The minimum Gasteiger partial charge on any atom is -0.490 e. The van der Waals surface area contributed by atoms with Gasteiger partial charge in [0.05, 0.1) is 43.8 Å². The lowest BCUT2D eigenvalue weighted by Gasteiger charge is -2.39. The van der Waals surface area contributed by atoms with E-state index in [4.69, 9.17) is 28.4 Å². The second kappa shape index (κ2) is 17.8. The van der Waals surface area contributed by atoms with Gasteiger partial charge in [0.2, 0.25) is 0 Å². The molecule has 9 nitrogen and oxygen atoms in total. The van der Waals surface area contributed by atoms with E-state index in [1.807, 2.05) is 0 Å². The number of hydrogen-bond acceptors (Lipinski definition) is 9. The van der Waals surface area contributed by atoms with Gasteiger partial charge in [-0.3, -0.25) is 0 Å². The number of benzene rings is 2. The summed E-state index contributed by atoms with van der Waals surface area (Å²) in [5.41, 5.74) is 4.57. The molecule has 0 spiro atoms. The smallest absolute Gasteiger partial charge is 0.142 e. The third-order valence-corrected chi connectivity index (χ3v) is 7.85. The highest BCUT2D eigenvalue weighted by Gasteiger charge is 2.36. The summed E-state index contributed by atoms with van der Waals surface area (Å²) in [6, 6.07) is 15.0. The minimum atomic E-state index is -0.391. The highest BCUT2D eigenvalue weighted by molar-refractivity contribution is 5.61. The quantitative estimate of drug-likeness (QED) is 0.253. The molecule has 0 radical (unpaired) electrons. The van der Waals surface area contributed by atoms with Crippen LogP contribution in [0.4, 0.5) is 5.69 Å². The first-order chi connectivity index (χ1) is 20.6. The number of piperidine rings is 1. The molecule has 4 rings (SSSR count). The first-order valence-corrected chi connectivity index (χ1v) is 15.4. The third-order valence-electron chi connectivity index (χ3n) is 7.85. The van der Waals surface area contributed by atoms with Crippen LogP contribution in [0.3, 0.4) is 0 Å². The number of aliphatic hydroxyl groups is 1. The fraction of sp³-hybridized carbons (Fsp3) is 0.636. The zero-order chi connectivity index (χ0) is 29.6. The van der Waals surface area contributed by atoms with E-state index >= 15 is 0 Å². The Morgan fingerprint density at radius 1 is 0.905 bits per heavy atom. The third kappa shape index (κ3) is 9.91.